The van der Waals surface area contributed by atoms with Gasteiger partial charge in [0.15, 0.2) is 6.61 Å². The Hall–Kier alpha value is -2.02. The Morgan fingerprint density at radius 3 is 2.85 bits per heavy atom. The van der Waals surface area contributed by atoms with Crippen LogP contribution in [0.25, 0.3) is 0 Å². The SMILES string of the molecule is CC1CCN(C(=O)COc2ccccc2C#N)CC1C. The Morgan fingerprint density at radius 2 is 2.15 bits per heavy atom. The van der Waals surface area contributed by atoms with E-state index in [0.29, 0.717) is 23.1 Å². The zero-order valence-corrected chi connectivity index (χ0v) is 12.0. The van der Waals surface area contributed by atoms with Crippen molar-refractivity contribution in [2.24, 2.45) is 11.8 Å². The minimum atomic E-state index is -0.00325. The van der Waals surface area contributed by atoms with Crippen LogP contribution >= 0.6 is 0 Å². The van der Waals surface area contributed by atoms with E-state index in [1.54, 1.807) is 24.3 Å². The Bertz CT molecular complexity index is 521. The summed E-state index contributed by atoms with van der Waals surface area (Å²) >= 11 is 0. The van der Waals surface area contributed by atoms with Crippen LogP contribution in [0.1, 0.15) is 25.8 Å². The third kappa shape index (κ3) is 3.30. The topological polar surface area (TPSA) is 53.3 Å². The van der Waals surface area contributed by atoms with E-state index >= 15 is 0 Å². The monoisotopic (exact) mass is 272 g/mol. The zero-order valence-electron chi connectivity index (χ0n) is 12.0. The number of piperidine rings is 1. The minimum Gasteiger partial charge on any atom is -0.482 e. The van der Waals surface area contributed by atoms with Crippen LogP contribution in [0, 0.1) is 23.2 Å². The number of likely N-dealkylation sites (tertiary alicyclic amines) is 1. The molecule has 0 radical (unpaired) electrons. The predicted octanol–water partition coefficient (Wildman–Crippen LogP) is 2.44. The molecule has 4 heteroatoms. The van der Waals surface area contributed by atoms with Crippen molar-refractivity contribution >= 4 is 5.91 Å². The Balaban J connectivity index is 1.91. The summed E-state index contributed by atoms with van der Waals surface area (Å²) in [4.78, 5) is 14.0. The molecule has 0 N–H and O–H groups in total. The summed E-state index contributed by atoms with van der Waals surface area (Å²) in [6, 6.07) is 9.04. The molecule has 106 valence electrons. The maximum absolute atomic E-state index is 12.1. The molecule has 0 aromatic heterocycles. The Labute approximate surface area is 120 Å². The Kier molecular flexibility index (Phi) is 4.62. The highest BCUT2D eigenvalue weighted by Gasteiger charge is 2.26. The molecule has 2 rings (SSSR count). The van der Waals surface area contributed by atoms with Crippen molar-refractivity contribution in [1.82, 2.24) is 4.90 Å². The molecule has 2 atom stereocenters. The van der Waals surface area contributed by atoms with Gasteiger partial charge in [0.05, 0.1) is 5.56 Å². The second-order valence-electron chi connectivity index (χ2n) is 5.48. The van der Waals surface area contributed by atoms with Crippen molar-refractivity contribution in [2.45, 2.75) is 20.3 Å². The van der Waals surface area contributed by atoms with E-state index in [1.165, 1.54) is 0 Å². The minimum absolute atomic E-state index is 0.000204. The van der Waals surface area contributed by atoms with E-state index in [-0.39, 0.29) is 12.5 Å². The van der Waals surface area contributed by atoms with E-state index in [2.05, 4.69) is 19.9 Å². The Morgan fingerprint density at radius 1 is 1.40 bits per heavy atom. The molecule has 0 aliphatic carbocycles. The standard InChI is InChI=1S/C16H20N2O2/c1-12-7-8-18(10-13(12)2)16(19)11-20-15-6-4-3-5-14(15)9-17/h3-6,12-13H,7-8,10-11H2,1-2H3. The molecule has 0 bridgehead atoms. The van der Waals surface area contributed by atoms with Crippen LogP contribution < -0.4 is 4.74 Å². The number of carbonyl (C=O) groups is 1. The van der Waals surface area contributed by atoms with E-state index in [4.69, 9.17) is 10.00 Å². The van der Waals surface area contributed by atoms with Crippen LogP contribution in [0.4, 0.5) is 0 Å². The molecular formula is C16H20N2O2. The summed E-state index contributed by atoms with van der Waals surface area (Å²) in [6.45, 7) is 6.00. The molecule has 2 unspecified atom stereocenters. The first-order chi connectivity index (χ1) is 9.61. The first kappa shape index (κ1) is 14.4. The largest absolute Gasteiger partial charge is 0.482 e. The van der Waals surface area contributed by atoms with Gasteiger partial charge in [-0.3, -0.25) is 4.79 Å². The third-order valence-corrected chi connectivity index (χ3v) is 4.05. The number of benzene rings is 1. The third-order valence-electron chi connectivity index (χ3n) is 4.05. The summed E-state index contributed by atoms with van der Waals surface area (Å²) in [5.41, 5.74) is 0.459. The molecule has 1 saturated heterocycles. The maximum atomic E-state index is 12.1. The number of amides is 1. The van der Waals surface area contributed by atoms with Gasteiger partial charge >= 0.3 is 0 Å². The molecule has 1 heterocycles. The lowest BCUT2D eigenvalue weighted by atomic mass is 9.89. The highest BCUT2D eigenvalue weighted by atomic mass is 16.5. The van der Waals surface area contributed by atoms with Crippen LogP contribution in [-0.4, -0.2) is 30.5 Å². The number of ether oxygens (including phenoxy) is 1. The number of para-hydroxylation sites is 1. The maximum Gasteiger partial charge on any atom is 0.260 e. The molecule has 1 aromatic carbocycles. The van der Waals surface area contributed by atoms with Gasteiger partial charge in [-0.25, -0.2) is 0 Å². The predicted molar refractivity (Wildman–Crippen MR) is 76.2 cm³/mol. The molecule has 0 saturated carbocycles. The second-order valence-corrected chi connectivity index (χ2v) is 5.48. The van der Waals surface area contributed by atoms with Gasteiger partial charge in [-0.05, 0) is 30.4 Å². The van der Waals surface area contributed by atoms with Crippen LogP contribution in [-0.2, 0) is 4.79 Å². The first-order valence-electron chi connectivity index (χ1n) is 7.01. The van der Waals surface area contributed by atoms with Gasteiger partial charge in [0.2, 0.25) is 0 Å². The molecule has 1 aliphatic heterocycles. The number of rotatable bonds is 3. The average molecular weight is 272 g/mol. The molecule has 1 aliphatic rings. The highest BCUT2D eigenvalue weighted by Crippen LogP contribution is 2.23. The quantitative estimate of drug-likeness (QED) is 0.849. The lowest BCUT2D eigenvalue weighted by Gasteiger charge is -2.35. The van der Waals surface area contributed by atoms with Gasteiger partial charge in [-0.2, -0.15) is 5.26 Å². The van der Waals surface area contributed by atoms with Crippen molar-refractivity contribution in [2.75, 3.05) is 19.7 Å². The lowest BCUT2D eigenvalue weighted by Crippen LogP contribution is -2.44. The van der Waals surface area contributed by atoms with E-state index in [1.807, 2.05) is 4.90 Å². The van der Waals surface area contributed by atoms with Crippen molar-refractivity contribution < 1.29 is 9.53 Å². The summed E-state index contributed by atoms with van der Waals surface area (Å²) < 4.78 is 5.49. The van der Waals surface area contributed by atoms with Gasteiger partial charge < -0.3 is 9.64 Å². The van der Waals surface area contributed by atoms with Crippen molar-refractivity contribution in [3.8, 4) is 11.8 Å². The summed E-state index contributed by atoms with van der Waals surface area (Å²) in [5, 5.41) is 8.97. The zero-order chi connectivity index (χ0) is 14.5. The van der Waals surface area contributed by atoms with Crippen LogP contribution in [0.5, 0.6) is 5.75 Å². The first-order valence-corrected chi connectivity index (χ1v) is 7.01. The summed E-state index contributed by atoms with van der Waals surface area (Å²) in [6.07, 6.45) is 1.04. The van der Waals surface area contributed by atoms with Gasteiger partial charge in [-0.1, -0.05) is 26.0 Å². The summed E-state index contributed by atoms with van der Waals surface area (Å²) in [7, 11) is 0. The number of nitriles is 1. The second kappa shape index (κ2) is 6.42. The van der Waals surface area contributed by atoms with Crippen molar-refractivity contribution in [1.29, 1.82) is 5.26 Å². The van der Waals surface area contributed by atoms with Gasteiger partial charge in [-0.15, -0.1) is 0 Å². The lowest BCUT2D eigenvalue weighted by molar-refractivity contribution is -0.135. The van der Waals surface area contributed by atoms with E-state index in [0.717, 1.165) is 19.5 Å². The fraction of sp³-hybridized carbons (Fsp3) is 0.500. The van der Waals surface area contributed by atoms with Crippen LogP contribution in [0.2, 0.25) is 0 Å². The van der Waals surface area contributed by atoms with Crippen LogP contribution in [0.3, 0.4) is 0 Å². The summed E-state index contributed by atoms with van der Waals surface area (Å²) in [5.74, 6) is 1.66. The van der Waals surface area contributed by atoms with Crippen molar-refractivity contribution in [3.63, 3.8) is 0 Å². The average Bonchev–Trinajstić information content (AvgIpc) is 2.47. The molecule has 0 spiro atoms. The normalized spacial score (nSPS) is 22.1. The number of carbonyl (C=O) groups excluding carboxylic acids is 1. The molecule has 20 heavy (non-hydrogen) atoms. The highest BCUT2D eigenvalue weighted by molar-refractivity contribution is 5.78. The molecule has 1 fully saturated rings. The van der Waals surface area contributed by atoms with Gasteiger partial charge in [0.25, 0.3) is 5.91 Å². The fourth-order valence-electron chi connectivity index (χ4n) is 2.41. The molecule has 1 aromatic rings. The van der Waals surface area contributed by atoms with Crippen LogP contribution in [0.15, 0.2) is 24.3 Å². The van der Waals surface area contributed by atoms with Gasteiger partial charge in [0, 0.05) is 13.1 Å². The van der Waals surface area contributed by atoms with E-state index < -0.39 is 0 Å². The smallest absolute Gasteiger partial charge is 0.260 e. The number of hydrogen-bond donors (Lipinski definition) is 0. The number of hydrogen-bond acceptors (Lipinski definition) is 3. The van der Waals surface area contributed by atoms with Gasteiger partial charge in [0.1, 0.15) is 11.8 Å². The van der Waals surface area contributed by atoms with E-state index in [9.17, 15) is 4.79 Å². The molecule has 1 amide bonds. The fourth-order valence-corrected chi connectivity index (χ4v) is 2.41. The van der Waals surface area contributed by atoms with Crippen molar-refractivity contribution in [3.05, 3.63) is 29.8 Å². The molecular weight excluding hydrogens is 252 g/mol. The number of nitrogens with zero attached hydrogens (tertiary/aromatic N) is 2. The molecule has 4 nitrogen and oxygen atoms in total.